The molecule has 1 aliphatic heterocycles. The highest BCUT2D eigenvalue weighted by molar-refractivity contribution is 5.92. The van der Waals surface area contributed by atoms with E-state index in [0.717, 1.165) is 51.6 Å². The molecule has 166 valence electrons. The molecule has 33 heavy (non-hydrogen) atoms. The molecule has 0 spiro atoms. The molecule has 2 N–H and O–H groups in total. The minimum Gasteiger partial charge on any atom is -0.371 e. The molecule has 0 aliphatic carbocycles. The normalized spacial score (nSPS) is 15.7. The molecule has 0 fully saturated rings. The van der Waals surface area contributed by atoms with E-state index in [0.29, 0.717) is 6.54 Å². The Morgan fingerprint density at radius 2 is 2.06 bits per heavy atom. The van der Waals surface area contributed by atoms with E-state index in [1.54, 1.807) is 31.1 Å². The summed E-state index contributed by atoms with van der Waals surface area (Å²) in [6, 6.07) is 5.96. The number of aromatic nitrogens is 6. The van der Waals surface area contributed by atoms with Crippen molar-refractivity contribution in [2.24, 2.45) is 0 Å². The second-order valence-corrected chi connectivity index (χ2v) is 8.13. The minimum atomic E-state index is -0.118. The maximum atomic E-state index is 12.8. The molecule has 4 aromatic rings. The number of rotatable bonds is 5. The number of hydrogen-bond acceptors (Lipinski definition) is 7. The highest BCUT2D eigenvalue weighted by atomic mass is 16.2. The highest BCUT2D eigenvalue weighted by Gasteiger charge is 2.19. The summed E-state index contributed by atoms with van der Waals surface area (Å²) in [6.45, 7) is 4.78. The molecule has 4 aromatic heterocycles. The fourth-order valence-corrected chi connectivity index (χ4v) is 4.13. The Kier molecular flexibility index (Phi) is 5.52. The third kappa shape index (κ3) is 4.30. The van der Waals surface area contributed by atoms with Gasteiger partial charge in [-0.2, -0.15) is 0 Å². The molecule has 1 unspecified atom stereocenters. The Labute approximate surface area is 191 Å². The molecule has 0 radical (unpaired) electrons. The largest absolute Gasteiger partial charge is 0.371 e. The fourth-order valence-electron chi connectivity index (χ4n) is 4.13. The topological polar surface area (TPSA) is 111 Å². The smallest absolute Gasteiger partial charge is 0.245 e. The first kappa shape index (κ1) is 20.7. The lowest BCUT2D eigenvalue weighted by Gasteiger charge is -2.23. The zero-order valence-corrected chi connectivity index (χ0v) is 18.5. The number of nitrogens with zero attached hydrogens (tertiary/aromatic N) is 6. The highest BCUT2D eigenvalue weighted by Crippen LogP contribution is 2.28. The van der Waals surface area contributed by atoms with Gasteiger partial charge in [0, 0.05) is 59.6 Å². The van der Waals surface area contributed by atoms with Gasteiger partial charge in [0.25, 0.3) is 0 Å². The monoisotopic (exact) mass is 440 g/mol. The average molecular weight is 441 g/mol. The van der Waals surface area contributed by atoms with Gasteiger partial charge in [0.2, 0.25) is 5.91 Å². The zero-order chi connectivity index (χ0) is 22.8. The van der Waals surface area contributed by atoms with Gasteiger partial charge in [-0.25, -0.2) is 9.97 Å². The first-order chi connectivity index (χ1) is 16.1. The first-order valence-corrected chi connectivity index (χ1v) is 10.8. The quantitative estimate of drug-likeness (QED) is 0.491. The van der Waals surface area contributed by atoms with E-state index in [2.05, 4.69) is 35.6 Å². The number of aryl methyl sites for hydroxylation is 2. The standard InChI is InChI=1S/C24H24N8O/c1-15-9-17(5-6-26-15)23-19-10-16(2)32(24(19)30-14-29-23)13-22(33)31-21-4-3-18(11-28-21)20-12-25-7-8-27-20/h4-10,12,14,18,28H,3,11,13H2,1-2H3,(H,31,33). The van der Waals surface area contributed by atoms with Crippen molar-refractivity contribution in [1.29, 1.82) is 0 Å². The fraction of sp³-hybridized carbons (Fsp3) is 0.250. The van der Waals surface area contributed by atoms with Crippen LogP contribution < -0.4 is 10.6 Å². The maximum absolute atomic E-state index is 12.8. The van der Waals surface area contributed by atoms with Crippen LogP contribution in [0.3, 0.4) is 0 Å². The Morgan fingerprint density at radius 3 is 2.82 bits per heavy atom. The number of hydrogen-bond donors (Lipinski definition) is 2. The Balaban J connectivity index is 1.32. The summed E-state index contributed by atoms with van der Waals surface area (Å²) in [5, 5.41) is 7.18. The van der Waals surface area contributed by atoms with Gasteiger partial charge in [-0.15, -0.1) is 0 Å². The van der Waals surface area contributed by atoms with E-state index in [4.69, 9.17) is 0 Å². The van der Waals surface area contributed by atoms with Crippen LogP contribution >= 0.6 is 0 Å². The molecular formula is C24H24N8O. The van der Waals surface area contributed by atoms with Crippen LogP contribution in [-0.2, 0) is 11.3 Å². The Morgan fingerprint density at radius 1 is 1.15 bits per heavy atom. The lowest BCUT2D eigenvalue weighted by molar-refractivity contribution is -0.121. The van der Waals surface area contributed by atoms with Crippen LogP contribution in [0, 0.1) is 13.8 Å². The van der Waals surface area contributed by atoms with E-state index in [1.807, 2.05) is 42.7 Å². The lowest BCUT2D eigenvalue weighted by Crippen LogP contribution is -2.38. The summed E-state index contributed by atoms with van der Waals surface area (Å²) in [5.41, 5.74) is 5.35. The van der Waals surface area contributed by atoms with E-state index in [9.17, 15) is 4.79 Å². The molecule has 9 heteroatoms. The Bertz CT molecular complexity index is 1350. The minimum absolute atomic E-state index is 0.118. The van der Waals surface area contributed by atoms with E-state index < -0.39 is 0 Å². The molecule has 0 saturated carbocycles. The summed E-state index contributed by atoms with van der Waals surface area (Å²) in [7, 11) is 0. The van der Waals surface area contributed by atoms with Crippen molar-refractivity contribution in [2.45, 2.75) is 32.7 Å². The van der Waals surface area contributed by atoms with Crippen molar-refractivity contribution in [3.05, 3.63) is 78.3 Å². The molecule has 5 heterocycles. The van der Waals surface area contributed by atoms with Crippen molar-refractivity contribution >= 4 is 16.9 Å². The summed E-state index contributed by atoms with van der Waals surface area (Å²) in [4.78, 5) is 34.6. The summed E-state index contributed by atoms with van der Waals surface area (Å²) in [5.74, 6) is 0.839. The third-order valence-electron chi connectivity index (χ3n) is 5.79. The molecule has 1 amide bonds. The zero-order valence-electron chi connectivity index (χ0n) is 18.5. The van der Waals surface area contributed by atoms with Crippen LogP contribution in [-0.4, -0.2) is 41.9 Å². The van der Waals surface area contributed by atoms with Crippen molar-refractivity contribution in [1.82, 2.24) is 40.1 Å². The number of pyridine rings is 1. The second kappa shape index (κ2) is 8.78. The van der Waals surface area contributed by atoms with Gasteiger partial charge in [-0.05, 0) is 44.5 Å². The molecule has 9 nitrogen and oxygen atoms in total. The Hall–Kier alpha value is -4.14. The van der Waals surface area contributed by atoms with Gasteiger partial charge in [0.1, 0.15) is 24.3 Å². The summed E-state index contributed by atoms with van der Waals surface area (Å²) >= 11 is 0. The van der Waals surface area contributed by atoms with Crippen molar-refractivity contribution in [3.8, 4) is 11.3 Å². The molecular weight excluding hydrogens is 416 g/mol. The van der Waals surface area contributed by atoms with E-state index in [-0.39, 0.29) is 18.4 Å². The summed E-state index contributed by atoms with van der Waals surface area (Å²) < 4.78 is 1.91. The number of amides is 1. The molecule has 1 aliphatic rings. The predicted octanol–water partition coefficient (Wildman–Crippen LogP) is 2.63. The van der Waals surface area contributed by atoms with Gasteiger partial charge in [0.05, 0.1) is 11.4 Å². The van der Waals surface area contributed by atoms with Crippen LogP contribution in [0.5, 0.6) is 0 Å². The molecule has 0 bridgehead atoms. The predicted molar refractivity (Wildman–Crippen MR) is 124 cm³/mol. The number of allylic oxidation sites excluding steroid dienone is 1. The van der Waals surface area contributed by atoms with Crippen LogP contribution in [0.15, 0.2) is 61.2 Å². The van der Waals surface area contributed by atoms with E-state index in [1.165, 1.54) is 0 Å². The summed E-state index contributed by atoms with van der Waals surface area (Å²) in [6.07, 6.45) is 11.2. The lowest BCUT2D eigenvalue weighted by atomic mass is 9.99. The van der Waals surface area contributed by atoms with Crippen molar-refractivity contribution in [2.75, 3.05) is 6.54 Å². The average Bonchev–Trinajstić information content (AvgIpc) is 3.15. The van der Waals surface area contributed by atoms with Crippen LogP contribution in [0.25, 0.3) is 22.3 Å². The SMILES string of the molecule is Cc1cc(-c2ncnc3c2cc(C)n3CC(=O)NC2=CCC(c3cnccn3)CN2)ccn1. The van der Waals surface area contributed by atoms with Crippen molar-refractivity contribution in [3.63, 3.8) is 0 Å². The van der Waals surface area contributed by atoms with Gasteiger partial charge in [-0.3, -0.25) is 19.7 Å². The molecule has 0 saturated heterocycles. The van der Waals surface area contributed by atoms with Gasteiger partial charge in [0.15, 0.2) is 0 Å². The van der Waals surface area contributed by atoms with E-state index >= 15 is 0 Å². The number of carbonyl (C=O) groups excluding carboxylic acids is 1. The van der Waals surface area contributed by atoms with Gasteiger partial charge < -0.3 is 15.2 Å². The number of carbonyl (C=O) groups is 1. The van der Waals surface area contributed by atoms with Gasteiger partial charge >= 0.3 is 0 Å². The van der Waals surface area contributed by atoms with Gasteiger partial charge in [-0.1, -0.05) is 0 Å². The molecule has 5 rings (SSSR count). The number of fused-ring (bicyclic) bond motifs is 1. The molecule has 1 atom stereocenters. The third-order valence-corrected chi connectivity index (χ3v) is 5.79. The number of nitrogens with one attached hydrogen (secondary N) is 2. The maximum Gasteiger partial charge on any atom is 0.245 e. The van der Waals surface area contributed by atoms with Crippen LogP contribution in [0.2, 0.25) is 0 Å². The van der Waals surface area contributed by atoms with Crippen molar-refractivity contribution < 1.29 is 4.79 Å². The molecule has 0 aromatic carbocycles. The van der Waals surface area contributed by atoms with Crippen LogP contribution in [0.1, 0.15) is 29.4 Å². The van der Waals surface area contributed by atoms with Crippen LogP contribution in [0.4, 0.5) is 0 Å². The first-order valence-electron chi connectivity index (χ1n) is 10.8. The second-order valence-electron chi connectivity index (χ2n) is 8.13.